The van der Waals surface area contributed by atoms with Crippen LogP contribution >= 0.6 is 23.1 Å². The zero-order chi connectivity index (χ0) is 20.2. The van der Waals surface area contributed by atoms with E-state index in [1.165, 1.54) is 22.2 Å². The van der Waals surface area contributed by atoms with Crippen molar-refractivity contribution in [1.82, 2.24) is 10.3 Å². The summed E-state index contributed by atoms with van der Waals surface area (Å²) in [5.74, 6) is 1.83. The number of hydrogen-bond acceptors (Lipinski definition) is 5. The second-order valence-electron chi connectivity index (χ2n) is 7.98. The first-order valence-electron chi connectivity index (χ1n) is 10.2. The first-order valence-corrected chi connectivity index (χ1v) is 12.0. The van der Waals surface area contributed by atoms with Gasteiger partial charge in [-0.15, -0.1) is 0 Å². The Labute approximate surface area is 181 Å². The monoisotopic (exact) mass is 424 g/mol. The number of benzene rings is 2. The molecule has 4 rings (SSSR count). The molecule has 3 aromatic rings. The van der Waals surface area contributed by atoms with Crippen LogP contribution in [0.1, 0.15) is 31.4 Å². The van der Waals surface area contributed by atoms with Gasteiger partial charge in [0.15, 0.2) is 10.3 Å². The Bertz CT molecular complexity index is 992. The number of amidine groups is 1. The largest absolute Gasteiger partial charge is 0.361 e. The molecule has 0 radical (unpaired) electrons. The topological polar surface area (TPSA) is 49.3 Å². The van der Waals surface area contributed by atoms with E-state index in [9.17, 15) is 0 Å². The van der Waals surface area contributed by atoms with Gasteiger partial charge in [-0.05, 0) is 55.0 Å². The highest BCUT2D eigenvalue weighted by Crippen LogP contribution is 2.28. The van der Waals surface area contributed by atoms with Crippen LogP contribution in [-0.2, 0) is 6.42 Å². The van der Waals surface area contributed by atoms with Gasteiger partial charge in [-0.1, -0.05) is 61.2 Å². The molecule has 0 aliphatic carbocycles. The third-order valence-electron chi connectivity index (χ3n) is 4.98. The van der Waals surface area contributed by atoms with Crippen molar-refractivity contribution in [3.63, 3.8) is 0 Å². The summed E-state index contributed by atoms with van der Waals surface area (Å²) in [7, 11) is 0. The molecule has 29 heavy (non-hydrogen) atoms. The first kappa shape index (κ1) is 20.2. The molecule has 1 aliphatic rings. The van der Waals surface area contributed by atoms with E-state index in [0.29, 0.717) is 12.0 Å². The molecule has 0 amide bonds. The first-order chi connectivity index (χ1) is 14.1. The highest BCUT2D eigenvalue weighted by Gasteiger charge is 2.20. The number of thioether (sulfide) groups is 1. The van der Waals surface area contributed by atoms with Crippen molar-refractivity contribution in [2.24, 2.45) is 10.9 Å². The van der Waals surface area contributed by atoms with Crippen molar-refractivity contribution >= 4 is 49.3 Å². The fourth-order valence-corrected chi connectivity index (χ4v) is 5.50. The number of nitrogens with zero attached hydrogens (tertiary/aromatic N) is 2. The Morgan fingerprint density at radius 1 is 1.21 bits per heavy atom. The summed E-state index contributed by atoms with van der Waals surface area (Å²) in [4.78, 5) is 9.48. The number of aromatic nitrogens is 1. The number of fused-ring (bicyclic) bond motifs is 1. The number of nitrogens with one attached hydrogen (secondary N) is 2. The minimum Gasteiger partial charge on any atom is -0.361 e. The molecule has 2 aromatic carbocycles. The zero-order valence-corrected chi connectivity index (χ0v) is 18.9. The summed E-state index contributed by atoms with van der Waals surface area (Å²) in [5.41, 5.74) is 4.67. The lowest BCUT2D eigenvalue weighted by molar-refractivity contribution is 0.503. The fourth-order valence-electron chi connectivity index (χ4n) is 3.53. The quantitative estimate of drug-likeness (QED) is 0.488. The zero-order valence-electron chi connectivity index (χ0n) is 17.2. The Balaban J connectivity index is 1.29. The van der Waals surface area contributed by atoms with E-state index in [1.54, 1.807) is 11.3 Å². The van der Waals surface area contributed by atoms with Crippen LogP contribution in [-0.4, -0.2) is 28.5 Å². The van der Waals surface area contributed by atoms with E-state index < -0.39 is 0 Å². The molecule has 4 nitrogen and oxygen atoms in total. The Hall–Kier alpha value is -2.05. The van der Waals surface area contributed by atoms with Gasteiger partial charge in [0, 0.05) is 18.3 Å². The van der Waals surface area contributed by atoms with Crippen molar-refractivity contribution < 1.29 is 0 Å². The van der Waals surface area contributed by atoms with E-state index in [4.69, 9.17) is 9.98 Å². The summed E-state index contributed by atoms with van der Waals surface area (Å²) >= 11 is 3.55. The maximum atomic E-state index is 4.76. The van der Waals surface area contributed by atoms with Crippen molar-refractivity contribution in [2.45, 2.75) is 39.7 Å². The van der Waals surface area contributed by atoms with Gasteiger partial charge in [0.1, 0.15) is 0 Å². The number of aliphatic imine (C=N–C) groups is 1. The molecule has 6 heteroatoms. The Kier molecular flexibility index (Phi) is 6.40. The lowest BCUT2D eigenvalue weighted by Gasteiger charge is -2.11. The summed E-state index contributed by atoms with van der Waals surface area (Å²) in [6.07, 6.45) is 2.17. The van der Waals surface area contributed by atoms with Gasteiger partial charge >= 0.3 is 0 Å². The van der Waals surface area contributed by atoms with Crippen molar-refractivity contribution in [2.75, 3.05) is 17.6 Å². The van der Waals surface area contributed by atoms with Crippen LogP contribution < -0.4 is 10.6 Å². The van der Waals surface area contributed by atoms with Crippen LogP contribution in [0.5, 0.6) is 0 Å². The van der Waals surface area contributed by atoms with Gasteiger partial charge in [0.05, 0.1) is 15.9 Å². The van der Waals surface area contributed by atoms with Gasteiger partial charge in [-0.2, -0.15) is 0 Å². The van der Waals surface area contributed by atoms with E-state index >= 15 is 0 Å². The van der Waals surface area contributed by atoms with Crippen LogP contribution in [0.25, 0.3) is 10.2 Å². The standard InChI is InChI=1S/C23H28N4S2/c1-15(2)13-19-14-28-23(26-19)25-18-9-7-17(8-10-18)11-12-24-22-27-21-16(3)5-4-6-20(21)29-22/h4-10,15,19H,11-14H2,1-3H3,(H,24,27)(H,25,26)/t19-/m1/s1. The number of anilines is 1. The van der Waals surface area contributed by atoms with Gasteiger partial charge in [0.25, 0.3) is 0 Å². The predicted molar refractivity (Wildman–Crippen MR) is 129 cm³/mol. The second-order valence-corrected chi connectivity index (χ2v) is 10.0. The summed E-state index contributed by atoms with van der Waals surface area (Å²) in [5, 5.41) is 9.07. The van der Waals surface area contributed by atoms with Crippen molar-refractivity contribution in [1.29, 1.82) is 0 Å². The normalized spacial score (nSPS) is 17.9. The number of rotatable bonds is 7. The molecule has 0 unspecified atom stereocenters. The van der Waals surface area contributed by atoms with E-state index in [-0.39, 0.29) is 0 Å². The van der Waals surface area contributed by atoms with Crippen LogP contribution in [0.4, 0.5) is 10.8 Å². The average molecular weight is 425 g/mol. The molecule has 1 aromatic heterocycles. The summed E-state index contributed by atoms with van der Waals surface area (Å²) in [6, 6.07) is 15.5. The second kappa shape index (κ2) is 9.18. The van der Waals surface area contributed by atoms with Crippen LogP contribution in [0, 0.1) is 12.8 Å². The van der Waals surface area contributed by atoms with E-state index in [0.717, 1.165) is 40.2 Å². The number of aryl methyl sites for hydroxylation is 1. The molecule has 1 fully saturated rings. The minimum atomic E-state index is 0.551. The number of thiazole rings is 1. The molecule has 1 atom stereocenters. The molecular formula is C23H28N4S2. The van der Waals surface area contributed by atoms with Gasteiger partial charge in [-0.3, -0.25) is 0 Å². The minimum absolute atomic E-state index is 0.551. The number of hydrogen-bond donors (Lipinski definition) is 2. The molecule has 1 saturated heterocycles. The smallest absolute Gasteiger partial charge is 0.183 e. The van der Waals surface area contributed by atoms with E-state index in [2.05, 4.69) is 73.9 Å². The van der Waals surface area contributed by atoms with Crippen LogP contribution in [0.3, 0.4) is 0 Å². The lowest BCUT2D eigenvalue weighted by atomic mass is 10.1. The predicted octanol–water partition coefficient (Wildman–Crippen LogP) is 6.00. The lowest BCUT2D eigenvalue weighted by Crippen LogP contribution is -2.28. The maximum Gasteiger partial charge on any atom is 0.183 e. The Morgan fingerprint density at radius 3 is 2.79 bits per heavy atom. The highest BCUT2D eigenvalue weighted by molar-refractivity contribution is 8.14. The Morgan fingerprint density at radius 2 is 2.03 bits per heavy atom. The molecule has 0 bridgehead atoms. The van der Waals surface area contributed by atoms with Gasteiger partial charge in [0.2, 0.25) is 0 Å². The molecule has 152 valence electrons. The third kappa shape index (κ3) is 5.31. The van der Waals surface area contributed by atoms with Crippen molar-refractivity contribution in [3.8, 4) is 0 Å². The molecule has 0 saturated carbocycles. The highest BCUT2D eigenvalue weighted by atomic mass is 32.2. The maximum absolute atomic E-state index is 4.76. The SMILES string of the molecule is Cc1cccc2sc(NCCc3ccc(/N=C4/N[C@H](CC(C)C)CS4)cc3)nc12. The van der Waals surface area contributed by atoms with Crippen molar-refractivity contribution in [3.05, 3.63) is 53.6 Å². The van der Waals surface area contributed by atoms with Gasteiger partial charge in [-0.25, -0.2) is 9.98 Å². The van der Waals surface area contributed by atoms with Crippen LogP contribution in [0.2, 0.25) is 0 Å². The molecule has 2 N–H and O–H groups in total. The molecule has 0 spiro atoms. The van der Waals surface area contributed by atoms with Crippen LogP contribution in [0.15, 0.2) is 47.5 Å². The average Bonchev–Trinajstić information content (AvgIpc) is 3.30. The third-order valence-corrected chi connectivity index (χ3v) is 7.01. The van der Waals surface area contributed by atoms with Gasteiger partial charge < -0.3 is 10.6 Å². The summed E-state index contributed by atoms with van der Waals surface area (Å²) < 4.78 is 1.24. The fraction of sp³-hybridized carbons (Fsp3) is 0.391. The summed E-state index contributed by atoms with van der Waals surface area (Å²) in [6.45, 7) is 7.53. The molecule has 2 heterocycles. The van der Waals surface area contributed by atoms with E-state index in [1.807, 2.05) is 11.8 Å². The number of para-hydroxylation sites is 1. The molecule has 1 aliphatic heterocycles. The molecular weight excluding hydrogens is 396 g/mol.